The Morgan fingerprint density at radius 3 is 2.53 bits per heavy atom. The van der Waals surface area contributed by atoms with Gasteiger partial charge in [-0.2, -0.15) is 0 Å². The largest absolute Gasteiger partial charge is 0.365 e. The highest BCUT2D eigenvalue weighted by atomic mass is 35.5. The lowest BCUT2D eigenvalue weighted by atomic mass is 10.0. The van der Waals surface area contributed by atoms with Gasteiger partial charge in [-0.1, -0.05) is 13.8 Å². The van der Waals surface area contributed by atoms with Gasteiger partial charge in [-0.15, -0.1) is 11.6 Å². The molecule has 0 atom stereocenters. The predicted molar refractivity (Wildman–Crippen MR) is 73.9 cm³/mol. The number of alkyl halides is 1. The van der Waals surface area contributed by atoms with E-state index in [2.05, 4.69) is 43.0 Å². The second-order valence-corrected chi connectivity index (χ2v) is 5.73. The molecule has 0 saturated heterocycles. The van der Waals surface area contributed by atoms with Crippen LogP contribution in [0.3, 0.4) is 0 Å². The number of aromatic nitrogens is 2. The van der Waals surface area contributed by atoms with Crippen molar-refractivity contribution in [1.29, 1.82) is 0 Å². The SMILES string of the molecule is Cc1cc(NC(C)(C)CCCl)nc(C(C)C)n1. The fraction of sp³-hybridized carbons (Fsp3) is 0.692. The van der Waals surface area contributed by atoms with E-state index in [0.717, 1.165) is 23.8 Å². The summed E-state index contributed by atoms with van der Waals surface area (Å²) in [6, 6.07) is 1.97. The molecule has 0 bridgehead atoms. The van der Waals surface area contributed by atoms with Crippen LogP contribution in [0.4, 0.5) is 5.82 Å². The first-order valence-corrected chi connectivity index (χ1v) is 6.57. The quantitative estimate of drug-likeness (QED) is 0.815. The van der Waals surface area contributed by atoms with Crippen LogP contribution in [0.2, 0.25) is 0 Å². The Bertz CT molecular complexity index is 375. The first-order chi connectivity index (χ1) is 7.84. The predicted octanol–water partition coefficient (Wildman–Crippen LogP) is 3.73. The molecule has 0 unspecified atom stereocenters. The smallest absolute Gasteiger partial charge is 0.133 e. The van der Waals surface area contributed by atoms with E-state index >= 15 is 0 Å². The molecule has 1 aromatic rings. The molecule has 1 heterocycles. The molecular formula is C13H22ClN3. The number of hydrogen-bond acceptors (Lipinski definition) is 3. The van der Waals surface area contributed by atoms with E-state index in [-0.39, 0.29) is 5.54 Å². The van der Waals surface area contributed by atoms with Gasteiger partial charge in [0.1, 0.15) is 11.6 Å². The van der Waals surface area contributed by atoms with Crippen molar-refractivity contribution in [3.63, 3.8) is 0 Å². The van der Waals surface area contributed by atoms with Gasteiger partial charge >= 0.3 is 0 Å². The van der Waals surface area contributed by atoms with Crippen molar-refractivity contribution in [1.82, 2.24) is 9.97 Å². The molecule has 0 aromatic carbocycles. The average molecular weight is 256 g/mol. The number of rotatable bonds is 5. The second-order valence-electron chi connectivity index (χ2n) is 5.36. The molecule has 0 aliphatic heterocycles. The Hall–Kier alpha value is -0.830. The minimum Gasteiger partial charge on any atom is -0.365 e. The number of aryl methyl sites for hydroxylation is 1. The summed E-state index contributed by atoms with van der Waals surface area (Å²) < 4.78 is 0. The van der Waals surface area contributed by atoms with Crippen LogP contribution in [-0.4, -0.2) is 21.4 Å². The maximum Gasteiger partial charge on any atom is 0.133 e. The van der Waals surface area contributed by atoms with Crippen molar-refractivity contribution < 1.29 is 0 Å². The Labute approximate surface area is 109 Å². The first-order valence-electron chi connectivity index (χ1n) is 6.04. The van der Waals surface area contributed by atoms with Crippen LogP contribution < -0.4 is 5.32 Å². The van der Waals surface area contributed by atoms with Crippen LogP contribution >= 0.6 is 11.6 Å². The molecule has 0 aliphatic carbocycles. The van der Waals surface area contributed by atoms with E-state index in [1.807, 2.05) is 13.0 Å². The Morgan fingerprint density at radius 2 is 2.00 bits per heavy atom. The van der Waals surface area contributed by atoms with E-state index in [1.54, 1.807) is 0 Å². The highest BCUT2D eigenvalue weighted by molar-refractivity contribution is 6.17. The molecule has 0 amide bonds. The molecule has 3 nitrogen and oxygen atoms in total. The van der Waals surface area contributed by atoms with Gasteiger partial charge in [0, 0.05) is 29.1 Å². The Balaban J connectivity index is 2.91. The number of anilines is 1. The standard InChI is InChI=1S/C13H22ClN3/c1-9(2)12-15-10(3)8-11(16-12)17-13(4,5)6-7-14/h8-9H,6-7H2,1-5H3,(H,15,16,17). The zero-order chi connectivity index (χ0) is 13.1. The van der Waals surface area contributed by atoms with Crippen molar-refractivity contribution in [2.75, 3.05) is 11.2 Å². The van der Waals surface area contributed by atoms with Crippen molar-refractivity contribution in [2.24, 2.45) is 0 Å². The van der Waals surface area contributed by atoms with Crippen LogP contribution in [0.15, 0.2) is 6.07 Å². The van der Waals surface area contributed by atoms with Gasteiger partial charge in [0.05, 0.1) is 0 Å². The number of nitrogens with zero attached hydrogens (tertiary/aromatic N) is 2. The van der Waals surface area contributed by atoms with Crippen LogP contribution in [0.25, 0.3) is 0 Å². The lowest BCUT2D eigenvalue weighted by molar-refractivity contribution is 0.546. The summed E-state index contributed by atoms with van der Waals surface area (Å²) in [6.07, 6.45) is 0.897. The molecule has 0 radical (unpaired) electrons. The molecule has 0 fully saturated rings. The van der Waals surface area contributed by atoms with Gasteiger partial charge in [-0.25, -0.2) is 9.97 Å². The molecule has 1 aromatic heterocycles. The lowest BCUT2D eigenvalue weighted by Crippen LogP contribution is -2.32. The summed E-state index contributed by atoms with van der Waals surface area (Å²) in [5.74, 6) is 2.75. The zero-order valence-electron chi connectivity index (χ0n) is 11.3. The third-order valence-corrected chi connectivity index (χ3v) is 2.76. The average Bonchev–Trinajstić information content (AvgIpc) is 2.15. The summed E-state index contributed by atoms with van der Waals surface area (Å²) in [5.41, 5.74) is 0.949. The third kappa shape index (κ3) is 4.50. The van der Waals surface area contributed by atoms with Gasteiger partial charge in [0.2, 0.25) is 0 Å². The summed E-state index contributed by atoms with van der Waals surface area (Å²) in [4.78, 5) is 8.97. The van der Waals surface area contributed by atoms with Gasteiger partial charge in [-0.05, 0) is 27.2 Å². The van der Waals surface area contributed by atoms with E-state index < -0.39 is 0 Å². The third-order valence-electron chi connectivity index (χ3n) is 2.57. The van der Waals surface area contributed by atoms with Gasteiger partial charge in [0.25, 0.3) is 0 Å². The maximum atomic E-state index is 5.79. The van der Waals surface area contributed by atoms with Crippen molar-refractivity contribution in [3.8, 4) is 0 Å². The monoisotopic (exact) mass is 255 g/mol. The van der Waals surface area contributed by atoms with Gasteiger partial charge in [-0.3, -0.25) is 0 Å². The molecular weight excluding hydrogens is 234 g/mol. The van der Waals surface area contributed by atoms with Crippen LogP contribution in [0.1, 0.15) is 51.6 Å². The van der Waals surface area contributed by atoms with Crippen molar-refractivity contribution in [3.05, 3.63) is 17.6 Å². The molecule has 1 rings (SSSR count). The zero-order valence-corrected chi connectivity index (χ0v) is 12.1. The van der Waals surface area contributed by atoms with Crippen LogP contribution in [0, 0.1) is 6.92 Å². The molecule has 96 valence electrons. The Kier molecular flexibility index (Phi) is 4.75. The minimum atomic E-state index is -0.0448. The number of halogens is 1. The van der Waals surface area contributed by atoms with Crippen molar-refractivity contribution >= 4 is 17.4 Å². The molecule has 4 heteroatoms. The van der Waals surface area contributed by atoms with Gasteiger partial charge < -0.3 is 5.32 Å². The van der Waals surface area contributed by atoms with Gasteiger partial charge in [0.15, 0.2) is 0 Å². The maximum absolute atomic E-state index is 5.79. The fourth-order valence-corrected chi connectivity index (χ4v) is 2.03. The first kappa shape index (κ1) is 14.2. The molecule has 1 N–H and O–H groups in total. The number of hydrogen-bond donors (Lipinski definition) is 1. The van der Waals surface area contributed by atoms with Crippen LogP contribution in [-0.2, 0) is 0 Å². The van der Waals surface area contributed by atoms with E-state index in [1.165, 1.54) is 0 Å². The summed E-state index contributed by atoms with van der Waals surface area (Å²) in [5, 5.41) is 3.42. The lowest BCUT2D eigenvalue weighted by Gasteiger charge is -2.26. The summed E-state index contributed by atoms with van der Waals surface area (Å²) in [7, 11) is 0. The summed E-state index contributed by atoms with van der Waals surface area (Å²) >= 11 is 5.79. The molecule has 0 spiro atoms. The highest BCUT2D eigenvalue weighted by Crippen LogP contribution is 2.19. The summed E-state index contributed by atoms with van der Waals surface area (Å²) in [6.45, 7) is 10.4. The van der Waals surface area contributed by atoms with E-state index in [9.17, 15) is 0 Å². The molecule has 0 aliphatic rings. The van der Waals surface area contributed by atoms with Crippen LogP contribution in [0.5, 0.6) is 0 Å². The molecule has 0 saturated carbocycles. The number of nitrogens with one attached hydrogen (secondary N) is 1. The Morgan fingerprint density at radius 1 is 1.35 bits per heavy atom. The topological polar surface area (TPSA) is 37.8 Å². The highest BCUT2D eigenvalue weighted by Gasteiger charge is 2.18. The fourth-order valence-electron chi connectivity index (χ4n) is 1.56. The van der Waals surface area contributed by atoms with E-state index in [0.29, 0.717) is 11.8 Å². The van der Waals surface area contributed by atoms with E-state index in [4.69, 9.17) is 11.6 Å². The van der Waals surface area contributed by atoms with Crippen molar-refractivity contribution in [2.45, 2.75) is 52.5 Å². The second kappa shape index (κ2) is 5.67. The normalized spacial score (nSPS) is 11.9. The molecule has 17 heavy (non-hydrogen) atoms. The minimum absolute atomic E-state index is 0.0448.